The van der Waals surface area contributed by atoms with Crippen molar-refractivity contribution < 1.29 is 5.11 Å². The van der Waals surface area contributed by atoms with E-state index in [4.69, 9.17) is 0 Å². The molecule has 24 heavy (non-hydrogen) atoms. The molecule has 1 aliphatic rings. The summed E-state index contributed by atoms with van der Waals surface area (Å²) in [7, 11) is 0. The summed E-state index contributed by atoms with van der Waals surface area (Å²) in [5.74, 6) is 0. The molecule has 2 heteroatoms. The number of piperidine rings is 1. The average molecular weight is 317 g/mol. The van der Waals surface area contributed by atoms with E-state index in [9.17, 15) is 5.11 Å². The lowest BCUT2D eigenvalue weighted by atomic mass is 9.92. The highest BCUT2D eigenvalue weighted by molar-refractivity contribution is 5.98. The second-order valence-electron chi connectivity index (χ2n) is 6.63. The number of likely N-dealkylation sites (tertiary alicyclic amines) is 1. The fourth-order valence-corrected chi connectivity index (χ4v) is 3.77. The Labute approximate surface area is 143 Å². The lowest BCUT2D eigenvalue weighted by Gasteiger charge is -2.32. The van der Waals surface area contributed by atoms with Gasteiger partial charge in [0.2, 0.25) is 0 Å². The summed E-state index contributed by atoms with van der Waals surface area (Å²) in [5.41, 5.74) is 3.84. The topological polar surface area (TPSA) is 23.5 Å². The Bertz CT molecular complexity index is 828. The molecule has 1 saturated heterocycles. The highest BCUT2D eigenvalue weighted by Crippen LogP contribution is 2.33. The first-order valence-electron chi connectivity index (χ1n) is 8.81. The van der Waals surface area contributed by atoms with E-state index >= 15 is 0 Å². The predicted octanol–water partition coefficient (Wildman–Crippen LogP) is 4.81. The van der Waals surface area contributed by atoms with E-state index in [0.29, 0.717) is 0 Å². The van der Waals surface area contributed by atoms with Gasteiger partial charge in [0.15, 0.2) is 0 Å². The zero-order valence-electron chi connectivity index (χ0n) is 13.9. The molecule has 122 valence electrons. The molecule has 0 spiro atoms. The molecular weight excluding hydrogens is 294 g/mol. The Kier molecular flexibility index (Phi) is 4.33. The quantitative estimate of drug-likeness (QED) is 0.749. The molecule has 0 saturated carbocycles. The van der Waals surface area contributed by atoms with Crippen molar-refractivity contribution in [3.05, 3.63) is 72.3 Å². The third kappa shape index (κ3) is 2.95. The molecule has 2 nitrogen and oxygen atoms in total. The highest BCUT2D eigenvalue weighted by Gasteiger charge is 2.21. The molecule has 0 bridgehead atoms. The number of hydrogen-bond donors (Lipinski definition) is 1. The van der Waals surface area contributed by atoms with Gasteiger partial charge in [-0.05, 0) is 46.7 Å². The number of benzene rings is 3. The molecule has 1 fully saturated rings. The minimum Gasteiger partial charge on any atom is -0.378 e. The Hall–Kier alpha value is -2.16. The van der Waals surface area contributed by atoms with Crippen LogP contribution in [-0.4, -0.2) is 22.8 Å². The number of fused-ring (bicyclic) bond motifs is 1. The molecule has 0 aliphatic carbocycles. The lowest BCUT2D eigenvalue weighted by molar-refractivity contribution is -0.0289. The first-order chi connectivity index (χ1) is 11.8. The minimum absolute atomic E-state index is 0.311. The van der Waals surface area contributed by atoms with Crippen LogP contribution in [0, 0.1) is 0 Å². The molecule has 0 radical (unpaired) electrons. The van der Waals surface area contributed by atoms with E-state index in [2.05, 4.69) is 71.6 Å². The van der Waals surface area contributed by atoms with Crippen LogP contribution in [0.2, 0.25) is 0 Å². The molecule has 0 aromatic heterocycles. The smallest absolute Gasteiger partial charge is 0.107 e. The van der Waals surface area contributed by atoms with E-state index in [1.807, 2.05) is 0 Å². The second kappa shape index (κ2) is 6.76. The summed E-state index contributed by atoms with van der Waals surface area (Å²) in [6, 6.07) is 23.6. The molecule has 1 heterocycles. The van der Waals surface area contributed by atoms with Crippen LogP contribution in [-0.2, 0) is 6.54 Å². The van der Waals surface area contributed by atoms with Crippen molar-refractivity contribution in [2.75, 3.05) is 6.54 Å². The number of aliphatic hydroxyl groups is 1. The Morgan fingerprint density at radius 1 is 0.875 bits per heavy atom. The van der Waals surface area contributed by atoms with Gasteiger partial charge in [-0.1, -0.05) is 66.7 Å². The summed E-state index contributed by atoms with van der Waals surface area (Å²) in [5, 5.41) is 12.9. The third-order valence-electron chi connectivity index (χ3n) is 5.03. The molecule has 3 aromatic rings. The number of rotatable bonds is 3. The molecule has 0 amide bonds. The maximum absolute atomic E-state index is 10.3. The van der Waals surface area contributed by atoms with Crippen molar-refractivity contribution in [3.8, 4) is 11.1 Å². The first kappa shape index (κ1) is 15.4. The molecular formula is C22H23NO. The summed E-state index contributed by atoms with van der Waals surface area (Å²) in [4.78, 5) is 2.21. The van der Waals surface area contributed by atoms with Crippen LogP contribution in [0.4, 0.5) is 0 Å². The third-order valence-corrected chi connectivity index (χ3v) is 5.03. The van der Waals surface area contributed by atoms with Crippen LogP contribution in [0.3, 0.4) is 0 Å². The summed E-state index contributed by atoms with van der Waals surface area (Å²) in [6.45, 7) is 1.78. The SMILES string of the molecule is OC1CCCCN1Cc1ccc2ccccc2c1-c1ccccc1. The molecule has 3 aromatic carbocycles. The maximum Gasteiger partial charge on any atom is 0.107 e. The van der Waals surface area contributed by atoms with Crippen molar-refractivity contribution in [1.82, 2.24) is 4.90 Å². The van der Waals surface area contributed by atoms with Gasteiger partial charge in [0.25, 0.3) is 0 Å². The van der Waals surface area contributed by atoms with E-state index in [-0.39, 0.29) is 6.23 Å². The normalized spacial score (nSPS) is 18.8. The highest BCUT2D eigenvalue weighted by atomic mass is 16.3. The van der Waals surface area contributed by atoms with Gasteiger partial charge in [0, 0.05) is 13.1 Å². The van der Waals surface area contributed by atoms with E-state index in [1.54, 1.807) is 0 Å². The number of hydrogen-bond acceptors (Lipinski definition) is 2. The zero-order chi connectivity index (χ0) is 16.4. The summed E-state index contributed by atoms with van der Waals surface area (Å²) in [6.07, 6.45) is 2.87. The fourth-order valence-electron chi connectivity index (χ4n) is 3.77. The van der Waals surface area contributed by atoms with Crippen molar-refractivity contribution in [3.63, 3.8) is 0 Å². The number of aliphatic hydroxyl groups excluding tert-OH is 1. The predicted molar refractivity (Wildman–Crippen MR) is 99.7 cm³/mol. The van der Waals surface area contributed by atoms with E-state index in [1.165, 1.54) is 33.9 Å². The zero-order valence-corrected chi connectivity index (χ0v) is 13.9. The van der Waals surface area contributed by atoms with Crippen LogP contribution >= 0.6 is 0 Å². The Morgan fingerprint density at radius 2 is 1.67 bits per heavy atom. The van der Waals surface area contributed by atoms with E-state index in [0.717, 1.165) is 25.9 Å². The van der Waals surface area contributed by atoms with Crippen molar-refractivity contribution >= 4 is 10.8 Å². The Balaban J connectivity index is 1.82. The van der Waals surface area contributed by atoms with Crippen LogP contribution in [0.15, 0.2) is 66.7 Å². The number of nitrogens with zero attached hydrogens (tertiary/aromatic N) is 1. The molecule has 1 atom stereocenters. The van der Waals surface area contributed by atoms with Gasteiger partial charge >= 0.3 is 0 Å². The molecule has 1 N–H and O–H groups in total. The largest absolute Gasteiger partial charge is 0.378 e. The molecule has 4 rings (SSSR count). The van der Waals surface area contributed by atoms with Crippen LogP contribution < -0.4 is 0 Å². The maximum atomic E-state index is 10.3. The van der Waals surface area contributed by atoms with Gasteiger partial charge in [-0.3, -0.25) is 4.90 Å². The second-order valence-corrected chi connectivity index (χ2v) is 6.63. The van der Waals surface area contributed by atoms with Gasteiger partial charge < -0.3 is 5.11 Å². The van der Waals surface area contributed by atoms with Crippen molar-refractivity contribution in [2.45, 2.75) is 32.0 Å². The Morgan fingerprint density at radius 3 is 2.50 bits per heavy atom. The van der Waals surface area contributed by atoms with Gasteiger partial charge in [-0.25, -0.2) is 0 Å². The lowest BCUT2D eigenvalue weighted by Crippen LogP contribution is -2.38. The summed E-state index contributed by atoms with van der Waals surface area (Å²) < 4.78 is 0. The standard InChI is InChI=1S/C22H23NO/c24-21-12-6-7-15-23(21)16-19-14-13-17-8-4-5-11-20(17)22(19)18-9-2-1-3-10-18/h1-5,8-11,13-14,21,24H,6-7,12,15-16H2. The summed E-state index contributed by atoms with van der Waals surface area (Å²) >= 11 is 0. The van der Waals surface area contributed by atoms with Crippen LogP contribution in [0.1, 0.15) is 24.8 Å². The van der Waals surface area contributed by atoms with Gasteiger partial charge in [0.05, 0.1) is 0 Å². The van der Waals surface area contributed by atoms with Crippen molar-refractivity contribution in [2.24, 2.45) is 0 Å². The molecule has 1 aliphatic heterocycles. The fraction of sp³-hybridized carbons (Fsp3) is 0.273. The monoisotopic (exact) mass is 317 g/mol. The van der Waals surface area contributed by atoms with Crippen LogP contribution in [0.25, 0.3) is 21.9 Å². The van der Waals surface area contributed by atoms with Gasteiger partial charge in [-0.2, -0.15) is 0 Å². The minimum atomic E-state index is -0.311. The average Bonchev–Trinajstić information content (AvgIpc) is 2.64. The van der Waals surface area contributed by atoms with E-state index < -0.39 is 0 Å². The van der Waals surface area contributed by atoms with Crippen LogP contribution in [0.5, 0.6) is 0 Å². The molecule has 1 unspecified atom stereocenters. The van der Waals surface area contributed by atoms with Gasteiger partial charge in [0.1, 0.15) is 6.23 Å². The van der Waals surface area contributed by atoms with Crippen molar-refractivity contribution in [1.29, 1.82) is 0 Å². The van der Waals surface area contributed by atoms with Gasteiger partial charge in [-0.15, -0.1) is 0 Å². The first-order valence-corrected chi connectivity index (χ1v) is 8.81.